The van der Waals surface area contributed by atoms with Crippen LogP contribution in [0.1, 0.15) is 54.4 Å². The molecule has 2 aromatic carbocycles. The molecule has 0 unspecified atom stereocenters. The Balaban J connectivity index is 0.00000204. The first-order valence-electron chi connectivity index (χ1n) is 11.8. The van der Waals surface area contributed by atoms with Crippen molar-refractivity contribution >= 4 is 15.8 Å². The fourth-order valence-corrected chi connectivity index (χ4v) is 24.7. The SMILES string of the molecule is CC(C)(C)C1=CC[C]([Zr+2]([C]2=CC(C(C)(C)C)=CC2)=[Si](c2ccccc2)c2ccccc2)=C1.[Cl-].[Cl-]. The van der Waals surface area contributed by atoms with Crippen LogP contribution in [-0.2, 0) is 20.4 Å². The Morgan fingerprint density at radius 2 is 0.941 bits per heavy atom. The third kappa shape index (κ3) is 6.64. The van der Waals surface area contributed by atoms with Crippen molar-refractivity contribution in [1.82, 2.24) is 0 Å². The molecule has 0 heterocycles. The van der Waals surface area contributed by atoms with Gasteiger partial charge in [0, 0.05) is 0 Å². The van der Waals surface area contributed by atoms with Gasteiger partial charge in [0.2, 0.25) is 0 Å². The van der Waals surface area contributed by atoms with E-state index < -0.39 is 25.8 Å². The van der Waals surface area contributed by atoms with Gasteiger partial charge in [0.15, 0.2) is 0 Å². The Kier molecular flexibility index (Phi) is 10.2. The second kappa shape index (κ2) is 11.9. The smallest absolute Gasteiger partial charge is 1.00 e. The van der Waals surface area contributed by atoms with E-state index in [2.05, 4.69) is 127 Å². The van der Waals surface area contributed by atoms with Gasteiger partial charge in [-0.1, -0.05) is 0 Å². The van der Waals surface area contributed by atoms with Crippen molar-refractivity contribution in [2.75, 3.05) is 0 Å². The van der Waals surface area contributed by atoms with Gasteiger partial charge >= 0.3 is 204 Å². The van der Waals surface area contributed by atoms with Crippen molar-refractivity contribution in [1.29, 1.82) is 0 Å². The molecular weight excluding hydrogens is 551 g/mol. The Hall–Kier alpha value is -0.920. The fraction of sp³-hybridized carbons (Fsp3) is 0.333. The van der Waals surface area contributed by atoms with Crippen molar-refractivity contribution in [3.8, 4) is 0 Å². The van der Waals surface area contributed by atoms with Crippen LogP contribution < -0.4 is 35.2 Å². The van der Waals surface area contributed by atoms with Crippen LogP contribution in [0.5, 0.6) is 0 Å². The van der Waals surface area contributed by atoms with Crippen molar-refractivity contribution in [3.05, 3.63) is 103 Å². The number of benzene rings is 2. The summed E-state index contributed by atoms with van der Waals surface area (Å²) in [6.45, 7) is 14.1. The molecule has 0 N–H and O–H groups in total. The normalized spacial score (nSPS) is 15.1. The fourth-order valence-electron chi connectivity index (χ4n) is 4.64. The topological polar surface area (TPSA) is 0 Å². The third-order valence-electron chi connectivity index (χ3n) is 6.49. The third-order valence-corrected chi connectivity index (χ3v) is 25.4. The molecule has 178 valence electrons. The zero-order chi connectivity index (χ0) is 22.9. The van der Waals surface area contributed by atoms with Crippen molar-refractivity contribution in [2.24, 2.45) is 10.8 Å². The molecule has 2 aliphatic rings. The molecule has 0 nitrogen and oxygen atoms in total. The Morgan fingerprint density at radius 1 is 0.588 bits per heavy atom. The van der Waals surface area contributed by atoms with Crippen molar-refractivity contribution in [2.45, 2.75) is 54.4 Å². The monoisotopic (exact) mass is 584 g/mol. The van der Waals surface area contributed by atoms with Crippen molar-refractivity contribution < 1.29 is 45.2 Å². The molecule has 0 spiro atoms. The summed E-state index contributed by atoms with van der Waals surface area (Å²) in [4.78, 5) is 0. The van der Waals surface area contributed by atoms with Gasteiger partial charge in [-0.2, -0.15) is 0 Å². The molecule has 34 heavy (non-hydrogen) atoms. The maximum absolute atomic E-state index is 2.63. The van der Waals surface area contributed by atoms with E-state index in [0.717, 1.165) is 12.8 Å². The van der Waals surface area contributed by atoms with Gasteiger partial charge in [0.1, 0.15) is 0 Å². The molecule has 0 aromatic heterocycles. The minimum absolute atomic E-state index is 0. The van der Waals surface area contributed by atoms with Crippen LogP contribution in [0.15, 0.2) is 103 Å². The summed E-state index contributed by atoms with van der Waals surface area (Å²) < 4.78 is 3.60. The predicted molar refractivity (Wildman–Crippen MR) is 138 cm³/mol. The largest absolute Gasteiger partial charge is 1.00 e. The average Bonchev–Trinajstić information content (AvgIpc) is 3.43. The summed E-state index contributed by atoms with van der Waals surface area (Å²) in [7, 11) is 0. The Bertz CT molecular complexity index is 1060. The van der Waals surface area contributed by atoms with Crippen molar-refractivity contribution in [3.63, 3.8) is 0 Å². The van der Waals surface area contributed by atoms with E-state index in [1.165, 1.54) is 11.1 Å². The van der Waals surface area contributed by atoms with Crippen LogP contribution in [0.3, 0.4) is 0 Å². The number of hydrogen-bond acceptors (Lipinski definition) is 0. The van der Waals surface area contributed by atoms with E-state index in [1.807, 2.05) is 0 Å². The average molecular weight is 587 g/mol. The molecule has 0 saturated carbocycles. The van der Waals surface area contributed by atoms with Gasteiger partial charge in [-0.05, 0) is 0 Å². The zero-order valence-corrected chi connectivity index (χ0v) is 26.2. The predicted octanol–water partition coefficient (Wildman–Crippen LogP) is 0.939. The number of rotatable bonds is 4. The van der Waals surface area contributed by atoms with Crippen LogP contribution in [0.25, 0.3) is 0 Å². The molecule has 0 radical (unpaired) electrons. The quantitative estimate of drug-likeness (QED) is 0.468. The van der Waals surface area contributed by atoms with E-state index in [9.17, 15) is 0 Å². The van der Waals surface area contributed by atoms with E-state index in [4.69, 9.17) is 0 Å². The molecule has 4 rings (SSSR count). The van der Waals surface area contributed by atoms with Crippen LogP contribution >= 0.6 is 0 Å². The first kappa shape index (κ1) is 29.3. The van der Waals surface area contributed by atoms with Crippen LogP contribution in [0.2, 0.25) is 0 Å². The summed E-state index contributed by atoms with van der Waals surface area (Å²) in [6, 6.07) is 22.9. The first-order valence-corrected chi connectivity index (χ1v) is 19.5. The summed E-state index contributed by atoms with van der Waals surface area (Å²) in [5, 5.41) is 3.18. The molecule has 2 aromatic rings. The molecule has 4 heteroatoms. The first-order chi connectivity index (χ1) is 15.1. The number of hydrogen-bond donors (Lipinski definition) is 0. The molecule has 2 aliphatic carbocycles. The molecular formula is C30H36Cl2SiZr. The van der Waals surface area contributed by atoms with Gasteiger partial charge in [-0.3, -0.25) is 0 Å². The second-order valence-corrected chi connectivity index (χ2v) is 24.6. The van der Waals surface area contributed by atoms with Crippen LogP contribution in [0.4, 0.5) is 0 Å². The van der Waals surface area contributed by atoms with Gasteiger partial charge in [0.05, 0.1) is 0 Å². The van der Waals surface area contributed by atoms with Gasteiger partial charge in [-0.25, -0.2) is 0 Å². The standard InChI is InChI=1S/C12H10Si.2C9H13.2ClH.Zr/c1-3-7-11(8-4-1)13-12-9-5-2-6-10-12;2*1-9(2,3)8-6-4-5-7-8;;;/h1-10H;2*6-7H,4H2,1-3H3;2*1H;/q;;;;;+2/p-2. The van der Waals surface area contributed by atoms with E-state index in [0.29, 0.717) is 0 Å². The Labute approximate surface area is 227 Å². The molecule has 0 atom stereocenters. The zero-order valence-electron chi connectivity index (χ0n) is 21.3. The van der Waals surface area contributed by atoms with E-state index in [1.54, 1.807) is 16.9 Å². The molecule has 0 fully saturated rings. The maximum Gasteiger partial charge on any atom is -1.00 e. The summed E-state index contributed by atoms with van der Waals surface area (Å²) in [5.74, 6) is 0. The minimum Gasteiger partial charge on any atom is -1.00 e. The number of allylic oxidation sites excluding steroid dienone is 8. The van der Waals surface area contributed by atoms with E-state index >= 15 is 0 Å². The van der Waals surface area contributed by atoms with Crippen LogP contribution in [0, 0.1) is 10.8 Å². The molecule has 0 bridgehead atoms. The Morgan fingerprint density at radius 3 is 1.24 bits per heavy atom. The van der Waals surface area contributed by atoms with Gasteiger partial charge in [0.25, 0.3) is 0 Å². The maximum atomic E-state index is 2.63. The van der Waals surface area contributed by atoms with Gasteiger partial charge < -0.3 is 24.8 Å². The summed E-state index contributed by atoms with van der Waals surface area (Å²) in [6.07, 6.45) is 12.6. The minimum atomic E-state index is -2.19. The summed E-state index contributed by atoms with van der Waals surface area (Å²) in [5.41, 5.74) is 2.68. The second-order valence-electron chi connectivity index (χ2n) is 11.0. The summed E-state index contributed by atoms with van der Waals surface area (Å²) >= 11 is -2.19. The van der Waals surface area contributed by atoms with Gasteiger partial charge in [-0.15, -0.1) is 0 Å². The molecule has 0 aliphatic heterocycles. The number of halogens is 2. The van der Waals surface area contributed by atoms with Crippen LogP contribution in [-0.4, -0.2) is 5.43 Å². The van der Waals surface area contributed by atoms with E-state index in [-0.39, 0.29) is 35.6 Å². The molecule has 0 amide bonds. The molecule has 0 saturated heterocycles.